The van der Waals surface area contributed by atoms with Crippen molar-refractivity contribution in [2.24, 2.45) is 0 Å². The van der Waals surface area contributed by atoms with Gasteiger partial charge in [0.25, 0.3) is 5.91 Å². The van der Waals surface area contributed by atoms with E-state index in [-0.39, 0.29) is 31.7 Å². The highest BCUT2D eigenvalue weighted by molar-refractivity contribution is 6.30. The molecule has 0 spiro atoms. The second kappa shape index (κ2) is 17.3. The first-order valence-corrected chi connectivity index (χ1v) is 16.7. The van der Waals surface area contributed by atoms with Crippen molar-refractivity contribution < 1.29 is 38.1 Å². The maximum atomic E-state index is 13.2. The number of carbonyl (C=O) groups is 3. The molecule has 0 bridgehead atoms. The maximum Gasteiger partial charge on any atom is 0.414 e. The van der Waals surface area contributed by atoms with Gasteiger partial charge in [0.1, 0.15) is 35.6 Å². The van der Waals surface area contributed by atoms with Gasteiger partial charge in [0, 0.05) is 43.7 Å². The summed E-state index contributed by atoms with van der Waals surface area (Å²) in [4.78, 5) is 41.8. The fraction of sp³-hybridized carbons (Fsp3) is 0.432. The number of esters is 1. The molecule has 0 radical (unpaired) electrons. The Morgan fingerprint density at radius 2 is 1.73 bits per heavy atom. The van der Waals surface area contributed by atoms with Crippen molar-refractivity contribution >= 4 is 40.9 Å². The normalized spacial score (nSPS) is 14.6. The highest BCUT2D eigenvalue weighted by atomic mass is 35.5. The average molecular weight is 696 g/mol. The molecule has 11 nitrogen and oxygen atoms in total. The topological polar surface area (TPSA) is 116 Å². The van der Waals surface area contributed by atoms with E-state index >= 15 is 0 Å². The Morgan fingerprint density at radius 3 is 2.41 bits per heavy atom. The molecule has 1 aliphatic rings. The molecule has 0 aliphatic carbocycles. The van der Waals surface area contributed by atoms with E-state index in [1.165, 1.54) is 4.90 Å². The number of nitrogens with zero attached hydrogens (tertiary/aromatic N) is 2. The molecule has 1 atom stereocenters. The Labute approximate surface area is 293 Å². The summed E-state index contributed by atoms with van der Waals surface area (Å²) >= 11 is 6.02. The van der Waals surface area contributed by atoms with Gasteiger partial charge in [0.2, 0.25) is 0 Å². The first-order valence-electron chi connectivity index (χ1n) is 16.3. The smallest absolute Gasteiger partial charge is 0.414 e. The lowest BCUT2D eigenvalue weighted by atomic mass is 10.1. The van der Waals surface area contributed by atoms with E-state index < -0.39 is 17.6 Å². The van der Waals surface area contributed by atoms with Crippen LogP contribution in [0, 0.1) is 0 Å². The molecule has 1 N–H and O–H groups in total. The van der Waals surface area contributed by atoms with Crippen molar-refractivity contribution in [2.45, 2.75) is 65.3 Å². The van der Waals surface area contributed by atoms with Gasteiger partial charge in [0.15, 0.2) is 6.61 Å². The van der Waals surface area contributed by atoms with Crippen LogP contribution in [0.25, 0.3) is 0 Å². The number of amides is 2. The Bertz CT molecular complexity index is 1590. The number of likely N-dealkylation sites (N-methyl/N-ethyl adjacent to an activating group) is 1. The molecule has 1 fully saturated rings. The van der Waals surface area contributed by atoms with E-state index in [2.05, 4.69) is 10.2 Å². The maximum absolute atomic E-state index is 13.2. The number of carbonyl (C=O) groups excluding carboxylic acids is 3. The van der Waals surface area contributed by atoms with Crippen LogP contribution in [0.15, 0.2) is 60.7 Å². The molecule has 3 aromatic rings. The van der Waals surface area contributed by atoms with Crippen molar-refractivity contribution in [2.75, 3.05) is 50.6 Å². The molecule has 0 aromatic heterocycles. The number of rotatable bonds is 14. The number of anilines is 2. The summed E-state index contributed by atoms with van der Waals surface area (Å²) in [5.41, 5.74) is 1.79. The number of likely N-dealkylation sites (tertiary alicyclic amines) is 1. The van der Waals surface area contributed by atoms with Gasteiger partial charge in [0.05, 0.1) is 18.0 Å². The third kappa shape index (κ3) is 11.9. The van der Waals surface area contributed by atoms with Gasteiger partial charge in [-0.2, -0.15) is 0 Å². The molecule has 12 heteroatoms. The van der Waals surface area contributed by atoms with Crippen LogP contribution in [0.5, 0.6) is 17.2 Å². The molecule has 3 aromatic carbocycles. The molecule has 1 unspecified atom stereocenters. The number of hydrogen-bond donors (Lipinski definition) is 1. The van der Waals surface area contributed by atoms with Crippen molar-refractivity contribution in [3.8, 4) is 17.2 Å². The average Bonchev–Trinajstić information content (AvgIpc) is 3.46. The van der Waals surface area contributed by atoms with Gasteiger partial charge in [-0.3, -0.25) is 14.5 Å². The molecule has 0 saturated carbocycles. The summed E-state index contributed by atoms with van der Waals surface area (Å²) in [6.45, 7) is 9.12. The number of benzene rings is 3. The molecule has 1 aliphatic heterocycles. The first kappa shape index (κ1) is 37.3. The molecule has 1 saturated heterocycles. The quantitative estimate of drug-likeness (QED) is 0.180. The predicted octanol–water partition coefficient (Wildman–Crippen LogP) is 6.89. The summed E-state index contributed by atoms with van der Waals surface area (Å²) in [6.07, 6.45) is 0.932. The monoisotopic (exact) mass is 695 g/mol. The van der Waals surface area contributed by atoms with E-state index in [1.807, 2.05) is 19.2 Å². The lowest BCUT2D eigenvalue weighted by Gasteiger charge is -2.26. The highest BCUT2D eigenvalue weighted by Gasteiger charge is 2.25. The summed E-state index contributed by atoms with van der Waals surface area (Å²) in [6, 6.07) is 17.7. The fourth-order valence-corrected chi connectivity index (χ4v) is 5.22. The van der Waals surface area contributed by atoms with Crippen molar-refractivity contribution in [3.63, 3.8) is 0 Å². The van der Waals surface area contributed by atoms with Crippen LogP contribution < -0.4 is 24.4 Å². The summed E-state index contributed by atoms with van der Waals surface area (Å²) < 4.78 is 28.9. The van der Waals surface area contributed by atoms with Gasteiger partial charge >= 0.3 is 12.1 Å². The Morgan fingerprint density at radius 1 is 1.00 bits per heavy atom. The van der Waals surface area contributed by atoms with E-state index in [1.54, 1.807) is 83.3 Å². The second-order valence-electron chi connectivity index (χ2n) is 12.8. The SMILES string of the molecule is CCOC(=O)CCc1ccc(OCC(=O)Nc2ccc(OC3CCN(C)C3)cc2N(C)C(=O)OC(C)(C)C)cc1OCc1ccc(Cl)cc1. The summed E-state index contributed by atoms with van der Waals surface area (Å²) in [5, 5.41) is 3.48. The largest absolute Gasteiger partial charge is 0.489 e. The molecule has 49 heavy (non-hydrogen) atoms. The van der Waals surface area contributed by atoms with Gasteiger partial charge in [-0.1, -0.05) is 29.8 Å². The first-order chi connectivity index (χ1) is 23.3. The van der Waals surface area contributed by atoms with Crippen molar-refractivity contribution in [1.82, 2.24) is 4.90 Å². The van der Waals surface area contributed by atoms with Gasteiger partial charge in [-0.05, 0) is 89.0 Å². The Balaban J connectivity index is 1.47. The lowest BCUT2D eigenvalue weighted by Crippen LogP contribution is -2.35. The molecular formula is C37H46ClN3O8. The van der Waals surface area contributed by atoms with E-state index in [9.17, 15) is 14.4 Å². The minimum absolute atomic E-state index is 0.0233. The summed E-state index contributed by atoms with van der Waals surface area (Å²) in [7, 11) is 3.62. The van der Waals surface area contributed by atoms with Crippen LogP contribution in [0.2, 0.25) is 5.02 Å². The number of ether oxygens (including phenoxy) is 5. The van der Waals surface area contributed by atoms with Crippen molar-refractivity contribution in [3.05, 3.63) is 76.8 Å². The van der Waals surface area contributed by atoms with Gasteiger partial charge < -0.3 is 33.9 Å². The number of aryl methyl sites for hydroxylation is 1. The van der Waals surface area contributed by atoms with Gasteiger partial charge in [-0.25, -0.2) is 4.79 Å². The van der Waals surface area contributed by atoms with E-state index in [4.69, 9.17) is 35.3 Å². The number of halogens is 1. The Hall–Kier alpha value is -4.48. The lowest BCUT2D eigenvalue weighted by molar-refractivity contribution is -0.143. The van der Waals surface area contributed by atoms with Crippen LogP contribution >= 0.6 is 11.6 Å². The molecule has 4 rings (SSSR count). The third-order valence-corrected chi connectivity index (χ3v) is 7.79. The minimum atomic E-state index is -0.711. The Kier molecular flexibility index (Phi) is 13.2. The molecule has 1 heterocycles. The van der Waals surface area contributed by atoms with Crippen LogP contribution in [-0.2, 0) is 32.1 Å². The fourth-order valence-electron chi connectivity index (χ4n) is 5.09. The third-order valence-electron chi connectivity index (χ3n) is 7.54. The highest BCUT2D eigenvalue weighted by Crippen LogP contribution is 2.33. The number of hydrogen-bond acceptors (Lipinski definition) is 9. The predicted molar refractivity (Wildman–Crippen MR) is 189 cm³/mol. The van der Waals surface area contributed by atoms with Crippen LogP contribution in [0.1, 0.15) is 51.7 Å². The van der Waals surface area contributed by atoms with E-state index in [0.717, 1.165) is 30.6 Å². The minimum Gasteiger partial charge on any atom is -0.489 e. The molecule has 264 valence electrons. The zero-order valence-corrected chi connectivity index (χ0v) is 29.8. The standard InChI is InChI=1S/C37H46ClN3O8/c1-7-45-35(43)17-11-26-10-14-28(21-33(26)47-23-25-8-12-27(38)13-9-25)46-24-34(42)39-31-16-15-29(48-30-18-19-40(5)22-30)20-32(31)41(6)36(44)49-37(2,3)4/h8-10,12-16,20-21,30H,7,11,17-19,22-24H2,1-6H3,(H,39,42). The second-order valence-corrected chi connectivity index (χ2v) is 13.3. The van der Waals surface area contributed by atoms with E-state index in [0.29, 0.717) is 46.7 Å². The van der Waals surface area contributed by atoms with Crippen LogP contribution in [0.3, 0.4) is 0 Å². The van der Waals surface area contributed by atoms with Gasteiger partial charge in [-0.15, -0.1) is 0 Å². The van der Waals surface area contributed by atoms with Crippen LogP contribution in [0.4, 0.5) is 16.2 Å². The zero-order chi connectivity index (χ0) is 35.6. The van der Waals surface area contributed by atoms with Crippen LogP contribution in [-0.4, -0.2) is 75.0 Å². The van der Waals surface area contributed by atoms with Crippen molar-refractivity contribution in [1.29, 1.82) is 0 Å². The summed E-state index contributed by atoms with van der Waals surface area (Å²) in [5.74, 6) is 0.750. The number of nitrogens with one attached hydrogen (secondary N) is 1. The molecular weight excluding hydrogens is 650 g/mol. The zero-order valence-electron chi connectivity index (χ0n) is 29.0. The molecule has 2 amide bonds.